The maximum Gasteiger partial charge on any atom is 0.144 e. The summed E-state index contributed by atoms with van der Waals surface area (Å²) in [5.41, 5.74) is 0.961. The first-order valence-electron chi connectivity index (χ1n) is 4.90. The third-order valence-corrected chi connectivity index (χ3v) is 3.48. The van der Waals surface area contributed by atoms with Crippen LogP contribution in [0.1, 0.15) is 47.0 Å². The summed E-state index contributed by atoms with van der Waals surface area (Å²) >= 11 is 5.56. The zero-order chi connectivity index (χ0) is 11.2. The van der Waals surface area contributed by atoms with E-state index in [-0.39, 0.29) is 4.75 Å². The average molecular weight is 238 g/mol. The fourth-order valence-corrected chi connectivity index (χ4v) is 1.64. The Morgan fingerprint density at radius 3 is 2.36 bits per heavy atom. The number of halogens is 1. The van der Waals surface area contributed by atoms with Gasteiger partial charge in [0.25, 0.3) is 0 Å². The molecule has 0 bridgehead atoms. The Balaban J connectivity index is 4.04. The molecule has 84 valence electrons. The Morgan fingerprint density at radius 1 is 1.36 bits per heavy atom. The molecule has 14 heavy (non-hydrogen) atoms. The zero-order valence-electron chi connectivity index (χ0n) is 9.47. The summed E-state index contributed by atoms with van der Waals surface area (Å²) < 4.78 is 15.5. The molecule has 0 amide bonds. The third kappa shape index (κ3) is 6.55. The topological polar surface area (TPSA) is 29.4 Å². The van der Waals surface area contributed by atoms with Crippen molar-refractivity contribution in [2.75, 3.05) is 5.88 Å². The minimum absolute atomic E-state index is 0.256. The van der Waals surface area contributed by atoms with Crippen molar-refractivity contribution in [2.24, 2.45) is 4.40 Å². The van der Waals surface area contributed by atoms with E-state index >= 15 is 0 Å². The Morgan fingerprint density at radius 2 is 1.93 bits per heavy atom. The van der Waals surface area contributed by atoms with E-state index in [1.807, 2.05) is 27.7 Å². The van der Waals surface area contributed by atoms with Crippen LogP contribution in [0.2, 0.25) is 0 Å². The van der Waals surface area contributed by atoms with Gasteiger partial charge in [0.1, 0.15) is 11.0 Å². The molecule has 0 fully saturated rings. The van der Waals surface area contributed by atoms with Gasteiger partial charge in [-0.3, -0.25) is 0 Å². The van der Waals surface area contributed by atoms with Crippen LogP contribution in [0.25, 0.3) is 0 Å². The summed E-state index contributed by atoms with van der Waals surface area (Å²) in [6.45, 7) is 7.72. The number of rotatable bonds is 5. The highest BCUT2D eigenvalue weighted by Crippen LogP contribution is 2.13. The molecule has 0 heterocycles. The average Bonchev–Trinajstić information content (AvgIpc) is 2.03. The van der Waals surface area contributed by atoms with Crippen molar-refractivity contribution in [3.05, 3.63) is 0 Å². The fourth-order valence-electron chi connectivity index (χ4n) is 0.799. The summed E-state index contributed by atoms with van der Waals surface area (Å²) in [4.78, 5) is 0. The number of hydrogen-bond donors (Lipinski definition) is 0. The standard InChI is InChI=1S/C10H20ClNOS/c1-9(7-5-6-8-11)12-14(13)10(2,3)4/h5-8H2,1-4H3/t14-/m1/s1. The summed E-state index contributed by atoms with van der Waals surface area (Å²) in [7, 11) is -1.12. The van der Waals surface area contributed by atoms with Gasteiger partial charge in [-0.1, -0.05) is 0 Å². The maximum atomic E-state index is 11.6. The lowest BCUT2D eigenvalue weighted by Crippen LogP contribution is -2.20. The van der Waals surface area contributed by atoms with Crippen LogP contribution in [0.3, 0.4) is 0 Å². The Bertz CT molecular complexity index is 221. The second-order valence-corrected chi connectivity index (χ2v) is 6.62. The molecule has 0 unspecified atom stereocenters. The van der Waals surface area contributed by atoms with Crippen molar-refractivity contribution >= 4 is 28.3 Å². The van der Waals surface area contributed by atoms with Crippen LogP contribution in [0.15, 0.2) is 4.40 Å². The fraction of sp³-hybridized carbons (Fsp3) is 0.900. The van der Waals surface area contributed by atoms with Gasteiger partial charge < -0.3 is 0 Å². The summed E-state index contributed by atoms with van der Waals surface area (Å²) in [6, 6.07) is 0. The van der Waals surface area contributed by atoms with E-state index in [1.165, 1.54) is 0 Å². The van der Waals surface area contributed by atoms with Crippen molar-refractivity contribution in [2.45, 2.75) is 51.7 Å². The molecule has 1 atom stereocenters. The van der Waals surface area contributed by atoms with Gasteiger partial charge in [-0.25, -0.2) is 4.21 Å². The van der Waals surface area contributed by atoms with E-state index in [9.17, 15) is 4.21 Å². The molecule has 0 aromatic carbocycles. The molecule has 0 rings (SSSR count). The Kier molecular flexibility index (Phi) is 6.62. The van der Waals surface area contributed by atoms with Crippen molar-refractivity contribution < 1.29 is 4.21 Å². The SMILES string of the molecule is CC(CCCCCl)=N[S@](=O)C(C)(C)C. The monoisotopic (exact) mass is 237 g/mol. The number of nitrogens with zero attached hydrogens (tertiary/aromatic N) is 1. The van der Waals surface area contributed by atoms with Gasteiger partial charge in [-0.2, -0.15) is 4.40 Å². The number of hydrogen-bond acceptors (Lipinski definition) is 1. The minimum Gasteiger partial charge on any atom is -0.234 e. The lowest BCUT2D eigenvalue weighted by Gasteiger charge is -2.13. The van der Waals surface area contributed by atoms with Crippen LogP contribution < -0.4 is 0 Å². The molecule has 0 saturated heterocycles. The number of alkyl halides is 1. The van der Waals surface area contributed by atoms with Gasteiger partial charge in [0.2, 0.25) is 0 Å². The molecule has 4 heteroatoms. The highest BCUT2D eigenvalue weighted by Gasteiger charge is 2.18. The van der Waals surface area contributed by atoms with Crippen molar-refractivity contribution in [1.82, 2.24) is 0 Å². The molecule has 0 radical (unpaired) electrons. The smallest absolute Gasteiger partial charge is 0.144 e. The molecule has 0 N–H and O–H groups in total. The first-order chi connectivity index (χ1) is 6.38. The minimum atomic E-state index is -1.12. The second kappa shape index (κ2) is 6.57. The highest BCUT2D eigenvalue weighted by molar-refractivity contribution is 7.85. The molecule has 0 aromatic heterocycles. The summed E-state index contributed by atoms with van der Waals surface area (Å²) in [5.74, 6) is 0.690. The van der Waals surface area contributed by atoms with E-state index in [0.29, 0.717) is 5.88 Å². The van der Waals surface area contributed by atoms with E-state index in [0.717, 1.165) is 25.0 Å². The van der Waals surface area contributed by atoms with Gasteiger partial charge in [0.15, 0.2) is 0 Å². The maximum absolute atomic E-state index is 11.6. The molecule has 0 aliphatic heterocycles. The molecule has 0 saturated carbocycles. The largest absolute Gasteiger partial charge is 0.234 e. The van der Waals surface area contributed by atoms with E-state index in [4.69, 9.17) is 11.6 Å². The van der Waals surface area contributed by atoms with Gasteiger partial charge in [0, 0.05) is 11.6 Å². The van der Waals surface area contributed by atoms with E-state index in [1.54, 1.807) is 0 Å². The molecular formula is C10H20ClNOS. The lowest BCUT2D eigenvalue weighted by atomic mass is 10.2. The van der Waals surface area contributed by atoms with Gasteiger partial charge in [-0.15, -0.1) is 11.6 Å². The zero-order valence-corrected chi connectivity index (χ0v) is 11.0. The number of unbranched alkanes of at least 4 members (excludes halogenated alkanes) is 1. The molecule has 0 spiro atoms. The van der Waals surface area contributed by atoms with Crippen LogP contribution in [-0.4, -0.2) is 20.5 Å². The van der Waals surface area contributed by atoms with Crippen molar-refractivity contribution in [3.63, 3.8) is 0 Å². The molecule has 0 aromatic rings. The van der Waals surface area contributed by atoms with Gasteiger partial charge >= 0.3 is 0 Å². The molecular weight excluding hydrogens is 218 g/mol. The normalized spacial score (nSPS) is 15.6. The predicted octanol–water partition coefficient (Wildman–Crippen LogP) is 3.32. The van der Waals surface area contributed by atoms with Crippen molar-refractivity contribution in [3.8, 4) is 0 Å². The van der Waals surface area contributed by atoms with Crippen LogP contribution in [0.4, 0.5) is 0 Å². The van der Waals surface area contributed by atoms with Crippen LogP contribution >= 0.6 is 11.6 Å². The first kappa shape index (κ1) is 14.1. The predicted molar refractivity (Wildman–Crippen MR) is 65.6 cm³/mol. The second-order valence-electron chi connectivity index (χ2n) is 4.33. The lowest BCUT2D eigenvalue weighted by molar-refractivity contribution is 0.650. The molecule has 2 nitrogen and oxygen atoms in total. The highest BCUT2D eigenvalue weighted by atomic mass is 35.5. The van der Waals surface area contributed by atoms with Crippen LogP contribution in [0, 0.1) is 0 Å². The summed E-state index contributed by atoms with van der Waals surface area (Å²) in [6.07, 6.45) is 2.92. The Labute approximate surface area is 94.7 Å². The Hall–Kier alpha value is 0.110. The summed E-state index contributed by atoms with van der Waals surface area (Å²) in [5, 5.41) is 0. The van der Waals surface area contributed by atoms with Crippen LogP contribution in [0.5, 0.6) is 0 Å². The van der Waals surface area contributed by atoms with Gasteiger partial charge in [0.05, 0.1) is 4.75 Å². The third-order valence-electron chi connectivity index (χ3n) is 1.68. The van der Waals surface area contributed by atoms with E-state index in [2.05, 4.69) is 4.40 Å². The molecule has 0 aliphatic carbocycles. The van der Waals surface area contributed by atoms with Gasteiger partial charge in [-0.05, 0) is 47.0 Å². The molecule has 0 aliphatic rings. The van der Waals surface area contributed by atoms with E-state index < -0.39 is 11.0 Å². The quantitative estimate of drug-likeness (QED) is 0.410. The van der Waals surface area contributed by atoms with Crippen molar-refractivity contribution in [1.29, 1.82) is 0 Å². The van der Waals surface area contributed by atoms with Crippen LogP contribution in [-0.2, 0) is 11.0 Å². The first-order valence-corrected chi connectivity index (χ1v) is 6.54.